The number of aliphatic carboxylic acids is 1. The van der Waals surface area contributed by atoms with Crippen molar-refractivity contribution in [2.75, 3.05) is 0 Å². The number of hydrogen-bond donors (Lipinski definition) is 1. The fraction of sp³-hybridized carbons (Fsp3) is 0.400. The van der Waals surface area contributed by atoms with Crippen LogP contribution in [-0.4, -0.2) is 20.8 Å². The van der Waals surface area contributed by atoms with Crippen molar-refractivity contribution in [1.29, 1.82) is 0 Å². The second kappa shape index (κ2) is 4.53. The number of nitrogens with zero attached hydrogens (tertiary/aromatic N) is 1. The fourth-order valence-electron chi connectivity index (χ4n) is 0.883. The van der Waals surface area contributed by atoms with Crippen LogP contribution in [-0.2, 0) is 4.79 Å². The highest BCUT2D eigenvalue weighted by Gasteiger charge is 2.29. The van der Waals surface area contributed by atoms with Crippen molar-refractivity contribution in [1.82, 2.24) is 4.98 Å². The van der Waals surface area contributed by atoms with Gasteiger partial charge in [-0.25, -0.2) is 4.98 Å². The second-order valence-corrected chi connectivity index (χ2v) is 6.13. The Balaban J connectivity index is 2.91. The third-order valence-electron chi connectivity index (χ3n) is 1.87. The monoisotopic (exact) mass is 289 g/mol. The quantitative estimate of drug-likeness (QED) is 0.869. The van der Waals surface area contributed by atoms with Gasteiger partial charge in [-0.3, -0.25) is 4.79 Å². The average molecular weight is 290 g/mol. The number of pyridine rings is 1. The Morgan fingerprint density at radius 2 is 2.13 bits per heavy atom. The number of thioether (sulfide) groups is 1. The minimum atomic E-state index is -0.854. The molecule has 1 aromatic rings. The van der Waals surface area contributed by atoms with Gasteiger partial charge in [0, 0.05) is 4.47 Å². The van der Waals surface area contributed by atoms with Crippen molar-refractivity contribution in [2.45, 2.75) is 30.5 Å². The summed E-state index contributed by atoms with van der Waals surface area (Å²) in [6, 6.07) is 3.69. The zero-order valence-electron chi connectivity index (χ0n) is 8.74. The van der Waals surface area contributed by atoms with Gasteiger partial charge < -0.3 is 5.11 Å². The van der Waals surface area contributed by atoms with E-state index in [1.54, 1.807) is 13.8 Å². The van der Waals surface area contributed by atoms with Crippen LogP contribution in [0.1, 0.15) is 19.5 Å². The first-order valence-corrected chi connectivity index (χ1v) is 5.99. The van der Waals surface area contributed by atoms with E-state index in [2.05, 4.69) is 20.9 Å². The first-order valence-electron chi connectivity index (χ1n) is 4.38. The molecule has 0 saturated heterocycles. The number of carbonyl (C=O) groups is 1. The normalized spacial score (nSPS) is 11.5. The molecular formula is C10H12BrNO2S. The smallest absolute Gasteiger partial charge is 0.319 e. The lowest BCUT2D eigenvalue weighted by Gasteiger charge is -2.17. The number of aryl methyl sites for hydroxylation is 1. The molecule has 0 spiro atoms. The molecular weight excluding hydrogens is 278 g/mol. The number of hydrogen-bond acceptors (Lipinski definition) is 3. The highest BCUT2D eigenvalue weighted by molar-refractivity contribution is 9.10. The molecule has 0 atom stereocenters. The summed E-state index contributed by atoms with van der Waals surface area (Å²) in [5, 5.41) is 9.69. The maximum absolute atomic E-state index is 10.9. The Bertz CT molecular complexity index is 393. The topological polar surface area (TPSA) is 50.2 Å². The molecule has 1 aromatic heterocycles. The van der Waals surface area contributed by atoms with E-state index >= 15 is 0 Å². The minimum absolute atomic E-state index is 0.725. The molecule has 82 valence electrons. The van der Waals surface area contributed by atoms with Crippen molar-refractivity contribution in [2.24, 2.45) is 0 Å². The summed E-state index contributed by atoms with van der Waals surface area (Å²) in [6.07, 6.45) is 0. The van der Waals surface area contributed by atoms with Gasteiger partial charge in [0.2, 0.25) is 0 Å². The van der Waals surface area contributed by atoms with Gasteiger partial charge in [-0.15, -0.1) is 0 Å². The predicted molar refractivity (Wildman–Crippen MR) is 64.2 cm³/mol. The van der Waals surface area contributed by atoms with Crippen LogP contribution in [0.25, 0.3) is 0 Å². The molecule has 1 N–H and O–H groups in total. The SMILES string of the molecule is Cc1nc(SC(C)(C)C(=O)O)ccc1Br. The number of carboxylic acids is 1. The standard InChI is InChI=1S/C10H12BrNO2S/c1-6-7(11)4-5-8(12-6)15-10(2,3)9(13)14/h4-5H,1-3H3,(H,13,14). The van der Waals surface area contributed by atoms with Crippen LogP contribution in [0.15, 0.2) is 21.6 Å². The van der Waals surface area contributed by atoms with Crippen LogP contribution in [0.4, 0.5) is 0 Å². The molecule has 1 rings (SSSR count). The molecule has 0 aliphatic carbocycles. The van der Waals surface area contributed by atoms with Gasteiger partial charge in [0.15, 0.2) is 0 Å². The van der Waals surface area contributed by atoms with Crippen molar-refractivity contribution < 1.29 is 9.90 Å². The Morgan fingerprint density at radius 3 is 2.60 bits per heavy atom. The van der Waals surface area contributed by atoms with Gasteiger partial charge >= 0.3 is 5.97 Å². The van der Waals surface area contributed by atoms with E-state index in [-0.39, 0.29) is 0 Å². The number of rotatable bonds is 3. The molecule has 0 radical (unpaired) electrons. The molecule has 5 heteroatoms. The summed E-state index contributed by atoms with van der Waals surface area (Å²) in [5.41, 5.74) is 0.862. The largest absolute Gasteiger partial charge is 0.480 e. The summed E-state index contributed by atoms with van der Waals surface area (Å²) in [5.74, 6) is -0.838. The highest BCUT2D eigenvalue weighted by Crippen LogP contribution is 2.32. The van der Waals surface area contributed by atoms with E-state index in [0.29, 0.717) is 0 Å². The number of halogens is 1. The molecule has 0 aromatic carbocycles. The van der Waals surface area contributed by atoms with Crippen LogP contribution in [0.2, 0.25) is 0 Å². The van der Waals surface area contributed by atoms with E-state index in [0.717, 1.165) is 15.2 Å². The Labute approximate surface area is 101 Å². The van der Waals surface area contributed by atoms with Gasteiger partial charge in [0.05, 0.1) is 10.7 Å². The molecule has 0 fully saturated rings. The van der Waals surface area contributed by atoms with Crippen LogP contribution in [0.3, 0.4) is 0 Å². The Hall–Kier alpha value is -0.550. The third-order valence-corrected chi connectivity index (χ3v) is 3.83. The van der Waals surface area contributed by atoms with Crippen LogP contribution in [0.5, 0.6) is 0 Å². The van der Waals surface area contributed by atoms with E-state index in [9.17, 15) is 4.79 Å². The Morgan fingerprint density at radius 1 is 1.53 bits per heavy atom. The lowest BCUT2D eigenvalue weighted by molar-refractivity contribution is -0.138. The van der Waals surface area contributed by atoms with Crippen LogP contribution in [0, 0.1) is 6.92 Å². The molecule has 0 aliphatic rings. The van der Waals surface area contributed by atoms with Gasteiger partial charge in [0.25, 0.3) is 0 Å². The van der Waals surface area contributed by atoms with Gasteiger partial charge in [-0.05, 0) is 48.8 Å². The zero-order valence-corrected chi connectivity index (χ0v) is 11.1. The van der Waals surface area contributed by atoms with E-state index in [1.165, 1.54) is 11.8 Å². The summed E-state index contributed by atoms with van der Waals surface area (Å²) < 4.78 is 0.0766. The maximum atomic E-state index is 10.9. The molecule has 0 bridgehead atoms. The minimum Gasteiger partial charge on any atom is -0.480 e. The van der Waals surface area contributed by atoms with E-state index < -0.39 is 10.7 Å². The first kappa shape index (κ1) is 12.5. The summed E-state index contributed by atoms with van der Waals surface area (Å²) >= 11 is 4.60. The fourth-order valence-corrected chi connectivity index (χ4v) is 2.03. The van der Waals surface area contributed by atoms with Crippen molar-refractivity contribution in [3.8, 4) is 0 Å². The predicted octanol–water partition coefficient (Wildman–Crippen LogP) is 3.11. The average Bonchev–Trinajstić information content (AvgIpc) is 2.10. The molecule has 3 nitrogen and oxygen atoms in total. The Kier molecular flexibility index (Phi) is 3.78. The maximum Gasteiger partial charge on any atom is 0.319 e. The van der Waals surface area contributed by atoms with Gasteiger partial charge in [-0.2, -0.15) is 0 Å². The third kappa shape index (κ3) is 3.21. The molecule has 1 heterocycles. The van der Waals surface area contributed by atoms with Crippen molar-refractivity contribution in [3.05, 3.63) is 22.3 Å². The van der Waals surface area contributed by atoms with E-state index in [4.69, 9.17) is 5.11 Å². The van der Waals surface area contributed by atoms with Crippen LogP contribution < -0.4 is 0 Å². The van der Waals surface area contributed by atoms with Crippen molar-refractivity contribution in [3.63, 3.8) is 0 Å². The van der Waals surface area contributed by atoms with E-state index in [1.807, 2.05) is 19.1 Å². The summed E-state index contributed by atoms with van der Waals surface area (Å²) in [6.45, 7) is 5.21. The summed E-state index contributed by atoms with van der Waals surface area (Å²) in [4.78, 5) is 15.2. The lowest BCUT2D eigenvalue weighted by atomic mass is 10.2. The first-order chi connectivity index (χ1) is 6.83. The van der Waals surface area contributed by atoms with Crippen molar-refractivity contribution >= 4 is 33.7 Å². The molecule has 0 aliphatic heterocycles. The van der Waals surface area contributed by atoms with Crippen LogP contribution >= 0.6 is 27.7 Å². The summed E-state index contributed by atoms with van der Waals surface area (Å²) in [7, 11) is 0. The van der Waals surface area contributed by atoms with Gasteiger partial charge in [0.1, 0.15) is 4.75 Å². The number of aromatic nitrogens is 1. The zero-order chi connectivity index (χ0) is 11.6. The molecule has 0 saturated carbocycles. The lowest BCUT2D eigenvalue weighted by Crippen LogP contribution is -2.27. The number of carboxylic acid groups (broad SMARTS) is 1. The molecule has 0 amide bonds. The molecule has 15 heavy (non-hydrogen) atoms. The second-order valence-electron chi connectivity index (χ2n) is 3.63. The molecule has 0 unspecified atom stereocenters. The highest BCUT2D eigenvalue weighted by atomic mass is 79.9. The van der Waals surface area contributed by atoms with Gasteiger partial charge in [-0.1, -0.05) is 11.8 Å².